The Kier molecular flexibility index (Phi) is 9.73. The van der Waals surface area contributed by atoms with Crippen molar-refractivity contribution in [1.29, 1.82) is 0 Å². The number of rotatable bonds is 9. The van der Waals surface area contributed by atoms with E-state index in [1.54, 1.807) is 32.3 Å². The molecule has 0 unspecified atom stereocenters. The molecule has 0 saturated heterocycles. The van der Waals surface area contributed by atoms with Gasteiger partial charge in [0.2, 0.25) is 0 Å². The van der Waals surface area contributed by atoms with Gasteiger partial charge in [-0.3, -0.25) is 14.6 Å². The van der Waals surface area contributed by atoms with Crippen LogP contribution < -0.4 is 16.0 Å². The predicted octanol–water partition coefficient (Wildman–Crippen LogP) is 3.49. The van der Waals surface area contributed by atoms with E-state index in [4.69, 9.17) is 23.2 Å². The van der Waals surface area contributed by atoms with Gasteiger partial charge in [0.05, 0.1) is 15.6 Å². The minimum atomic E-state index is -1.18. The van der Waals surface area contributed by atoms with Gasteiger partial charge in [0.15, 0.2) is 5.96 Å². The number of carbonyl (C=O) groups is 3. The maximum atomic E-state index is 12.8. The Labute approximate surface area is 220 Å². The molecule has 0 radical (unpaired) electrons. The molecular formula is C26H30Cl2N4O4. The lowest BCUT2D eigenvalue weighted by Gasteiger charge is -2.16. The van der Waals surface area contributed by atoms with Crippen LogP contribution in [-0.4, -0.2) is 54.9 Å². The summed E-state index contributed by atoms with van der Waals surface area (Å²) in [5.74, 6) is -0.921. The van der Waals surface area contributed by atoms with E-state index in [1.165, 1.54) is 12.1 Å². The number of nitrogens with one attached hydrogen (secondary N) is 3. The van der Waals surface area contributed by atoms with Crippen molar-refractivity contribution in [3.8, 4) is 0 Å². The fourth-order valence-corrected chi connectivity index (χ4v) is 4.94. The summed E-state index contributed by atoms with van der Waals surface area (Å²) >= 11 is 12.1. The van der Waals surface area contributed by atoms with Crippen LogP contribution in [0.1, 0.15) is 40.7 Å². The minimum Gasteiger partial charge on any atom is -0.480 e. The largest absolute Gasteiger partial charge is 0.480 e. The van der Waals surface area contributed by atoms with Crippen LogP contribution in [0.4, 0.5) is 0 Å². The van der Waals surface area contributed by atoms with Crippen LogP contribution in [0.2, 0.25) is 10.0 Å². The first-order chi connectivity index (χ1) is 17.2. The molecule has 2 aromatic carbocycles. The molecule has 0 spiro atoms. The van der Waals surface area contributed by atoms with E-state index in [0.717, 1.165) is 30.8 Å². The second kappa shape index (κ2) is 12.7. The lowest BCUT2D eigenvalue weighted by atomic mass is 9.95. The molecular weight excluding hydrogens is 503 g/mol. The van der Waals surface area contributed by atoms with E-state index >= 15 is 0 Å². The number of amides is 1. The first kappa shape index (κ1) is 27.5. The van der Waals surface area contributed by atoms with E-state index in [1.807, 2.05) is 12.1 Å². The van der Waals surface area contributed by atoms with Crippen LogP contribution in [-0.2, 0) is 22.4 Å². The molecule has 192 valence electrons. The highest BCUT2D eigenvalue weighted by atomic mass is 35.5. The van der Waals surface area contributed by atoms with Gasteiger partial charge in [0.1, 0.15) is 11.8 Å². The van der Waals surface area contributed by atoms with E-state index in [2.05, 4.69) is 20.9 Å². The SMILES string of the molecule is CN=C(NC)N[C@H]1CC[C@H](C(=O)Cc2ccc(C[C@H](NC(=O)c3c(Cl)cccc3Cl)C(=O)O)cc2)C1. The van der Waals surface area contributed by atoms with Crippen LogP contribution in [0.5, 0.6) is 0 Å². The van der Waals surface area contributed by atoms with Crippen LogP contribution >= 0.6 is 23.2 Å². The van der Waals surface area contributed by atoms with Gasteiger partial charge in [-0.15, -0.1) is 0 Å². The number of carbonyl (C=O) groups excluding carboxylic acids is 2. The Morgan fingerprint density at radius 2 is 1.69 bits per heavy atom. The number of ketones is 1. The van der Waals surface area contributed by atoms with E-state index < -0.39 is 17.9 Å². The molecule has 4 N–H and O–H groups in total. The fourth-order valence-electron chi connectivity index (χ4n) is 4.37. The van der Waals surface area contributed by atoms with E-state index in [9.17, 15) is 19.5 Å². The standard InChI is InChI=1S/C26H30Cl2N4O4/c1-29-26(30-2)31-18-11-10-17(14-18)22(33)13-16-8-6-15(7-9-16)12-21(25(35)36)32-24(34)23-19(27)4-3-5-20(23)28/h3-9,17-18,21H,10-14H2,1-2H3,(H,32,34)(H,35,36)(H2,29,30,31)/t17-,18-,21-/m0/s1. The van der Waals surface area contributed by atoms with Crippen molar-refractivity contribution in [2.75, 3.05) is 14.1 Å². The Morgan fingerprint density at radius 1 is 1.06 bits per heavy atom. The summed E-state index contributed by atoms with van der Waals surface area (Å²) in [7, 11) is 3.51. The summed E-state index contributed by atoms with van der Waals surface area (Å²) in [5, 5.41) is 18.7. The van der Waals surface area contributed by atoms with Gasteiger partial charge in [-0.25, -0.2) is 4.79 Å². The van der Waals surface area contributed by atoms with Crippen molar-refractivity contribution in [2.24, 2.45) is 10.9 Å². The molecule has 1 amide bonds. The molecule has 36 heavy (non-hydrogen) atoms. The third-order valence-electron chi connectivity index (χ3n) is 6.32. The number of carboxylic acid groups (broad SMARTS) is 1. The minimum absolute atomic E-state index is 0.000349. The normalized spacial score (nSPS) is 18.4. The lowest BCUT2D eigenvalue weighted by Crippen LogP contribution is -2.42. The van der Waals surface area contributed by atoms with Crippen molar-refractivity contribution in [3.05, 3.63) is 69.2 Å². The number of carboxylic acids is 1. The van der Waals surface area contributed by atoms with Gasteiger partial charge >= 0.3 is 5.97 Å². The molecule has 1 aliphatic rings. The highest BCUT2D eigenvalue weighted by Crippen LogP contribution is 2.28. The van der Waals surface area contributed by atoms with Crippen molar-refractivity contribution >= 4 is 46.8 Å². The molecule has 10 heteroatoms. The van der Waals surface area contributed by atoms with Gasteiger partial charge in [0, 0.05) is 38.9 Å². The summed E-state index contributed by atoms with van der Waals surface area (Å²) in [6.45, 7) is 0. The quantitative estimate of drug-likeness (QED) is 0.290. The number of hydrogen-bond acceptors (Lipinski definition) is 4. The van der Waals surface area contributed by atoms with Gasteiger partial charge in [0.25, 0.3) is 5.91 Å². The van der Waals surface area contributed by atoms with Crippen molar-refractivity contribution in [3.63, 3.8) is 0 Å². The molecule has 0 aliphatic heterocycles. The Bertz CT molecular complexity index is 1120. The number of hydrogen-bond donors (Lipinski definition) is 4. The van der Waals surface area contributed by atoms with Gasteiger partial charge in [-0.2, -0.15) is 0 Å². The highest BCUT2D eigenvalue weighted by molar-refractivity contribution is 6.39. The van der Waals surface area contributed by atoms with Gasteiger partial charge in [-0.1, -0.05) is 53.5 Å². The van der Waals surface area contributed by atoms with Crippen molar-refractivity contribution < 1.29 is 19.5 Å². The maximum absolute atomic E-state index is 12.8. The molecule has 0 aromatic heterocycles. The average Bonchev–Trinajstić information content (AvgIpc) is 3.32. The fraction of sp³-hybridized carbons (Fsp3) is 0.385. The van der Waals surface area contributed by atoms with Crippen LogP contribution in [0, 0.1) is 5.92 Å². The van der Waals surface area contributed by atoms with Crippen LogP contribution in [0.15, 0.2) is 47.5 Å². The van der Waals surface area contributed by atoms with Crippen LogP contribution in [0.25, 0.3) is 0 Å². The monoisotopic (exact) mass is 532 g/mol. The summed E-state index contributed by atoms with van der Waals surface area (Å²) in [4.78, 5) is 41.4. The summed E-state index contributed by atoms with van der Waals surface area (Å²) in [6.07, 6.45) is 2.91. The topological polar surface area (TPSA) is 120 Å². The number of aliphatic carboxylic acids is 1. The van der Waals surface area contributed by atoms with Crippen molar-refractivity contribution in [1.82, 2.24) is 16.0 Å². The second-order valence-corrected chi connectivity index (χ2v) is 9.61. The Balaban J connectivity index is 1.57. The van der Waals surface area contributed by atoms with Crippen LogP contribution in [0.3, 0.4) is 0 Å². The first-order valence-corrected chi connectivity index (χ1v) is 12.5. The zero-order valence-corrected chi connectivity index (χ0v) is 21.7. The number of aliphatic imine (C=N–C) groups is 1. The molecule has 1 fully saturated rings. The summed E-state index contributed by atoms with van der Waals surface area (Å²) < 4.78 is 0. The average molecular weight is 533 g/mol. The molecule has 3 rings (SSSR count). The smallest absolute Gasteiger partial charge is 0.326 e. The molecule has 1 aliphatic carbocycles. The number of guanidine groups is 1. The number of benzene rings is 2. The zero-order chi connectivity index (χ0) is 26.2. The molecule has 3 atom stereocenters. The summed E-state index contributed by atoms with van der Waals surface area (Å²) in [6, 6.07) is 10.9. The number of Topliss-reactive ketones (excluding diaryl/α,β-unsaturated/α-hetero) is 1. The Hall–Kier alpha value is -3.10. The molecule has 8 nitrogen and oxygen atoms in total. The molecule has 0 bridgehead atoms. The predicted molar refractivity (Wildman–Crippen MR) is 141 cm³/mol. The van der Waals surface area contributed by atoms with E-state index in [-0.39, 0.29) is 39.8 Å². The number of nitrogens with zero attached hydrogens (tertiary/aromatic N) is 1. The molecule has 1 saturated carbocycles. The second-order valence-electron chi connectivity index (χ2n) is 8.80. The molecule has 0 heterocycles. The maximum Gasteiger partial charge on any atom is 0.326 e. The zero-order valence-electron chi connectivity index (χ0n) is 20.2. The molecule has 2 aromatic rings. The van der Waals surface area contributed by atoms with Gasteiger partial charge in [-0.05, 0) is 42.5 Å². The van der Waals surface area contributed by atoms with E-state index in [0.29, 0.717) is 12.0 Å². The number of halogens is 2. The Morgan fingerprint density at radius 3 is 2.28 bits per heavy atom. The summed E-state index contributed by atoms with van der Waals surface area (Å²) in [5.41, 5.74) is 1.62. The lowest BCUT2D eigenvalue weighted by molar-refractivity contribution is -0.139. The third-order valence-corrected chi connectivity index (χ3v) is 6.95. The third kappa shape index (κ3) is 7.21. The first-order valence-electron chi connectivity index (χ1n) is 11.7. The van der Waals surface area contributed by atoms with Crippen molar-refractivity contribution in [2.45, 2.75) is 44.2 Å². The van der Waals surface area contributed by atoms with Gasteiger partial charge < -0.3 is 21.1 Å². The highest BCUT2D eigenvalue weighted by Gasteiger charge is 2.30.